The number of carbonyl (C=O) groups is 2. The second-order valence-electron chi connectivity index (χ2n) is 6.60. The summed E-state index contributed by atoms with van der Waals surface area (Å²) in [4.78, 5) is 27.0. The molecular weight excluding hydrogens is 494 g/mol. The zero-order valence-electron chi connectivity index (χ0n) is 15.9. The fourth-order valence-electron chi connectivity index (χ4n) is 3.00. The number of amides is 2. The van der Waals surface area contributed by atoms with E-state index in [-0.39, 0.29) is 24.5 Å². The molecule has 2 aliphatic rings. The molecule has 4 rings (SSSR count). The highest BCUT2D eigenvalue weighted by molar-refractivity contribution is 9.10. The van der Waals surface area contributed by atoms with Gasteiger partial charge in [0.25, 0.3) is 11.1 Å². The first-order valence-corrected chi connectivity index (χ1v) is 11.2. The lowest BCUT2D eigenvalue weighted by atomic mass is 10.1. The number of hydrogen-bond acceptors (Lipinski definition) is 6. The summed E-state index contributed by atoms with van der Waals surface area (Å²) in [5, 5.41) is 0.0514. The van der Waals surface area contributed by atoms with Gasteiger partial charge < -0.3 is 14.2 Å². The van der Waals surface area contributed by atoms with Crippen LogP contribution in [0.5, 0.6) is 17.2 Å². The summed E-state index contributed by atoms with van der Waals surface area (Å²) in [5.41, 5.74) is 1.34. The average Bonchev–Trinajstić information content (AvgIpc) is 3.26. The Morgan fingerprint density at radius 3 is 2.77 bits per heavy atom. The maximum absolute atomic E-state index is 12.9. The number of rotatable bonds is 6. The molecule has 0 bridgehead atoms. The number of thioether (sulfide) groups is 1. The molecule has 0 N–H and O–H groups in total. The molecule has 0 radical (unpaired) electrons. The Bertz CT molecular complexity index is 1060. The van der Waals surface area contributed by atoms with Crippen molar-refractivity contribution in [2.24, 2.45) is 0 Å². The lowest BCUT2D eigenvalue weighted by Crippen LogP contribution is -2.27. The van der Waals surface area contributed by atoms with Crippen molar-refractivity contribution >= 4 is 56.5 Å². The summed E-state index contributed by atoms with van der Waals surface area (Å²) in [7, 11) is 0. The van der Waals surface area contributed by atoms with Crippen LogP contribution < -0.4 is 14.2 Å². The number of fused-ring (bicyclic) bond motifs is 1. The van der Waals surface area contributed by atoms with Crippen LogP contribution in [0.1, 0.15) is 24.5 Å². The van der Waals surface area contributed by atoms with Crippen molar-refractivity contribution in [2.75, 3.05) is 13.4 Å². The Kier molecular flexibility index (Phi) is 6.26. The van der Waals surface area contributed by atoms with Crippen molar-refractivity contribution in [2.45, 2.75) is 19.9 Å². The van der Waals surface area contributed by atoms with Gasteiger partial charge in [-0.3, -0.25) is 14.5 Å². The Labute approximate surface area is 191 Å². The van der Waals surface area contributed by atoms with Crippen molar-refractivity contribution in [1.29, 1.82) is 0 Å². The minimum absolute atomic E-state index is 0.0507. The number of hydrogen-bond donors (Lipinski definition) is 0. The molecule has 1 saturated heterocycles. The number of imide groups is 1. The van der Waals surface area contributed by atoms with Gasteiger partial charge in [0.05, 0.1) is 18.1 Å². The zero-order valence-corrected chi connectivity index (χ0v) is 19.1. The number of carbonyl (C=O) groups excluding carboxylic acids is 2. The Balaban J connectivity index is 1.59. The van der Waals surface area contributed by atoms with Crippen LogP contribution in [0.25, 0.3) is 6.08 Å². The molecule has 2 aromatic rings. The third-order valence-electron chi connectivity index (χ3n) is 4.46. The maximum Gasteiger partial charge on any atom is 0.293 e. The zero-order chi connectivity index (χ0) is 21.3. The van der Waals surface area contributed by atoms with Crippen molar-refractivity contribution in [3.05, 3.63) is 55.9 Å². The van der Waals surface area contributed by atoms with E-state index in [2.05, 4.69) is 15.9 Å². The van der Waals surface area contributed by atoms with Crippen molar-refractivity contribution in [3.8, 4) is 17.2 Å². The van der Waals surface area contributed by atoms with E-state index in [1.54, 1.807) is 18.2 Å². The second kappa shape index (κ2) is 8.91. The second-order valence-corrected chi connectivity index (χ2v) is 8.91. The van der Waals surface area contributed by atoms with Gasteiger partial charge in [-0.25, -0.2) is 0 Å². The van der Waals surface area contributed by atoms with Crippen LogP contribution in [0, 0.1) is 0 Å². The summed E-state index contributed by atoms with van der Waals surface area (Å²) in [6, 6.07) is 8.89. The third-order valence-corrected chi connectivity index (χ3v) is 6.22. The van der Waals surface area contributed by atoms with Crippen molar-refractivity contribution in [1.82, 2.24) is 4.90 Å². The molecule has 156 valence electrons. The van der Waals surface area contributed by atoms with Gasteiger partial charge in [0.1, 0.15) is 5.75 Å². The van der Waals surface area contributed by atoms with E-state index in [1.165, 1.54) is 4.90 Å². The van der Waals surface area contributed by atoms with Gasteiger partial charge in [-0.05, 0) is 54.1 Å². The molecule has 2 aromatic carbocycles. The van der Waals surface area contributed by atoms with Gasteiger partial charge in [0, 0.05) is 21.1 Å². The Hall–Kier alpha value is -2.16. The van der Waals surface area contributed by atoms with Crippen LogP contribution in [0.2, 0.25) is 5.02 Å². The lowest BCUT2D eigenvalue weighted by molar-refractivity contribution is -0.123. The Morgan fingerprint density at radius 1 is 1.23 bits per heavy atom. The normalized spacial score (nSPS) is 16.6. The quantitative estimate of drug-likeness (QED) is 0.454. The van der Waals surface area contributed by atoms with Gasteiger partial charge in [0.2, 0.25) is 6.79 Å². The molecule has 0 aromatic heterocycles. The first-order valence-electron chi connectivity index (χ1n) is 9.22. The van der Waals surface area contributed by atoms with E-state index in [9.17, 15) is 9.59 Å². The highest BCUT2D eigenvalue weighted by atomic mass is 79.9. The van der Waals surface area contributed by atoms with Crippen LogP contribution in [0.3, 0.4) is 0 Å². The highest BCUT2D eigenvalue weighted by Crippen LogP contribution is 2.40. The molecule has 0 saturated carbocycles. The predicted octanol–water partition coefficient (Wildman–Crippen LogP) is 5.86. The molecule has 9 heteroatoms. The fourth-order valence-corrected chi connectivity index (χ4v) is 4.43. The van der Waals surface area contributed by atoms with Crippen LogP contribution in [0.15, 0.2) is 39.7 Å². The first-order chi connectivity index (χ1) is 14.5. The molecule has 0 aliphatic carbocycles. The molecular formula is C21H17BrClNO5S. The highest BCUT2D eigenvalue weighted by Gasteiger charge is 2.36. The maximum atomic E-state index is 12.9. The number of ether oxygens (including phenoxy) is 3. The lowest BCUT2D eigenvalue weighted by Gasteiger charge is -2.14. The largest absolute Gasteiger partial charge is 0.493 e. The van der Waals surface area contributed by atoms with Crippen LogP contribution in [-0.4, -0.2) is 29.4 Å². The van der Waals surface area contributed by atoms with E-state index in [1.807, 2.05) is 25.1 Å². The monoisotopic (exact) mass is 509 g/mol. The molecule has 2 amide bonds. The number of benzene rings is 2. The van der Waals surface area contributed by atoms with E-state index < -0.39 is 0 Å². The minimum atomic E-state index is -0.375. The number of nitrogens with zero attached hydrogens (tertiary/aromatic N) is 1. The molecule has 0 spiro atoms. The van der Waals surface area contributed by atoms with Crippen LogP contribution >= 0.6 is 39.3 Å². The van der Waals surface area contributed by atoms with E-state index in [4.69, 9.17) is 25.8 Å². The van der Waals surface area contributed by atoms with Gasteiger partial charge in [-0.15, -0.1) is 0 Å². The van der Waals surface area contributed by atoms with Gasteiger partial charge in [0.15, 0.2) is 11.5 Å². The van der Waals surface area contributed by atoms with Crippen molar-refractivity contribution in [3.63, 3.8) is 0 Å². The van der Waals surface area contributed by atoms with E-state index >= 15 is 0 Å². The van der Waals surface area contributed by atoms with Gasteiger partial charge in [-0.1, -0.05) is 34.5 Å². The summed E-state index contributed by atoms with van der Waals surface area (Å²) >= 11 is 10.6. The predicted molar refractivity (Wildman–Crippen MR) is 119 cm³/mol. The van der Waals surface area contributed by atoms with E-state index in [0.717, 1.165) is 28.2 Å². The van der Waals surface area contributed by atoms with Crippen LogP contribution in [0.4, 0.5) is 4.79 Å². The molecule has 2 aliphatic heterocycles. The standard InChI is InChI=1S/C21H17BrClNO5S/c1-2-5-27-16-4-3-14(22)6-12(16)8-19-20(25)24(21(26)30-19)10-13-7-17-18(9-15(13)23)29-11-28-17/h3-4,6-9H,2,5,10-11H2,1H3/b19-8+. The summed E-state index contributed by atoms with van der Waals surface area (Å²) in [6.07, 6.45) is 2.55. The summed E-state index contributed by atoms with van der Waals surface area (Å²) in [5.74, 6) is 1.38. The van der Waals surface area contributed by atoms with E-state index in [0.29, 0.717) is 39.3 Å². The summed E-state index contributed by atoms with van der Waals surface area (Å²) < 4.78 is 17.3. The summed E-state index contributed by atoms with van der Waals surface area (Å²) in [6.45, 7) is 2.75. The molecule has 0 unspecified atom stereocenters. The SMILES string of the molecule is CCCOc1ccc(Br)cc1/C=C1/SC(=O)N(Cc2cc3c(cc2Cl)OCO3)C1=O. The van der Waals surface area contributed by atoms with Gasteiger partial charge >= 0.3 is 0 Å². The third kappa shape index (κ3) is 4.31. The molecule has 6 nitrogen and oxygen atoms in total. The fraction of sp³-hybridized carbons (Fsp3) is 0.238. The first kappa shape index (κ1) is 21.1. The van der Waals surface area contributed by atoms with Gasteiger partial charge in [-0.2, -0.15) is 0 Å². The molecule has 2 heterocycles. The smallest absolute Gasteiger partial charge is 0.293 e. The molecule has 0 atom stereocenters. The Morgan fingerprint density at radius 2 is 2.00 bits per heavy atom. The molecule has 1 fully saturated rings. The van der Waals surface area contributed by atoms with Crippen LogP contribution in [-0.2, 0) is 11.3 Å². The number of halogens is 2. The topological polar surface area (TPSA) is 65.1 Å². The van der Waals surface area contributed by atoms with Crippen molar-refractivity contribution < 1.29 is 23.8 Å². The average molecular weight is 511 g/mol. The minimum Gasteiger partial charge on any atom is -0.493 e. The molecule has 30 heavy (non-hydrogen) atoms.